The van der Waals surface area contributed by atoms with Crippen molar-refractivity contribution in [3.05, 3.63) is 52.0 Å². The fourth-order valence-corrected chi connectivity index (χ4v) is 2.94. The summed E-state index contributed by atoms with van der Waals surface area (Å²) in [6.45, 7) is 2.33. The molecule has 0 saturated heterocycles. The summed E-state index contributed by atoms with van der Waals surface area (Å²) in [5.74, 6) is 0. The Labute approximate surface area is 130 Å². The highest BCUT2D eigenvalue weighted by atomic mass is 32.1. The molecular weight excluding hydrogens is 280 g/mol. The molecule has 0 radical (unpaired) electrons. The Kier molecular flexibility index (Phi) is 5.38. The van der Waals surface area contributed by atoms with E-state index in [2.05, 4.69) is 46.0 Å². The molecule has 1 aliphatic carbocycles. The number of hydrogen-bond donors (Lipinski definition) is 1. The molecule has 1 N–H and O–H groups in total. The summed E-state index contributed by atoms with van der Waals surface area (Å²) in [4.78, 5) is 4.60. The maximum Gasteiger partial charge on any atom is 0.107 e. The predicted molar refractivity (Wildman–Crippen MR) is 86.4 cm³/mol. The zero-order valence-electron chi connectivity index (χ0n) is 12.3. The third-order valence-electron chi connectivity index (χ3n) is 3.57. The number of aryl methyl sites for hydroxylation is 1. The van der Waals surface area contributed by atoms with E-state index in [0.29, 0.717) is 6.61 Å². The number of nitrogens with zero attached hydrogens (tertiary/aromatic N) is 1. The van der Waals surface area contributed by atoms with Gasteiger partial charge in [-0.1, -0.05) is 30.3 Å². The fraction of sp³-hybridized carbons (Fsp3) is 0.471. The van der Waals surface area contributed by atoms with Crippen molar-refractivity contribution in [2.24, 2.45) is 0 Å². The Morgan fingerprint density at radius 3 is 2.90 bits per heavy atom. The van der Waals surface area contributed by atoms with Crippen LogP contribution in [-0.2, 0) is 24.3 Å². The lowest BCUT2D eigenvalue weighted by atomic mass is 10.1. The van der Waals surface area contributed by atoms with Gasteiger partial charge in [-0.3, -0.25) is 0 Å². The van der Waals surface area contributed by atoms with E-state index in [0.717, 1.165) is 37.7 Å². The van der Waals surface area contributed by atoms with E-state index in [1.54, 1.807) is 11.3 Å². The Bertz CT molecular complexity index is 537. The van der Waals surface area contributed by atoms with Crippen LogP contribution in [0, 0.1) is 0 Å². The van der Waals surface area contributed by atoms with E-state index >= 15 is 0 Å². The van der Waals surface area contributed by atoms with Crippen molar-refractivity contribution >= 4 is 11.3 Å². The molecular formula is C17H22N2OS. The van der Waals surface area contributed by atoms with Crippen molar-refractivity contribution in [1.82, 2.24) is 10.3 Å². The summed E-state index contributed by atoms with van der Waals surface area (Å²) in [6.07, 6.45) is 4.78. The third kappa shape index (κ3) is 5.23. The molecule has 3 rings (SSSR count). The second kappa shape index (κ2) is 7.69. The number of aromatic nitrogens is 1. The molecule has 0 atom stereocenters. The van der Waals surface area contributed by atoms with Crippen molar-refractivity contribution < 1.29 is 4.74 Å². The van der Waals surface area contributed by atoms with Crippen LogP contribution in [0.15, 0.2) is 35.7 Å². The minimum absolute atomic E-state index is 0.634. The first-order valence-corrected chi connectivity index (χ1v) is 8.56. The molecule has 1 saturated carbocycles. The maximum atomic E-state index is 5.72. The van der Waals surface area contributed by atoms with Crippen LogP contribution < -0.4 is 5.32 Å². The summed E-state index contributed by atoms with van der Waals surface area (Å²) < 4.78 is 5.72. The average molecular weight is 302 g/mol. The van der Waals surface area contributed by atoms with Gasteiger partial charge >= 0.3 is 0 Å². The lowest BCUT2D eigenvalue weighted by molar-refractivity contribution is 0.116. The van der Waals surface area contributed by atoms with E-state index in [-0.39, 0.29) is 0 Å². The molecule has 2 aromatic rings. The highest BCUT2D eigenvalue weighted by molar-refractivity contribution is 7.09. The van der Waals surface area contributed by atoms with Crippen molar-refractivity contribution in [3.8, 4) is 0 Å². The number of nitrogens with one attached hydrogen (secondary N) is 1. The average Bonchev–Trinajstić information content (AvgIpc) is 3.25. The lowest BCUT2D eigenvalue weighted by Gasteiger charge is -2.03. The molecule has 0 aliphatic heterocycles. The minimum atomic E-state index is 0.634. The van der Waals surface area contributed by atoms with Crippen molar-refractivity contribution in [2.75, 3.05) is 6.61 Å². The van der Waals surface area contributed by atoms with Gasteiger partial charge < -0.3 is 10.1 Å². The third-order valence-corrected chi connectivity index (χ3v) is 4.46. The first-order valence-electron chi connectivity index (χ1n) is 7.68. The summed E-state index contributed by atoms with van der Waals surface area (Å²) >= 11 is 1.73. The summed E-state index contributed by atoms with van der Waals surface area (Å²) in [5.41, 5.74) is 2.44. The summed E-state index contributed by atoms with van der Waals surface area (Å²) in [6, 6.07) is 11.3. The highest BCUT2D eigenvalue weighted by Gasteiger charge is 2.20. The van der Waals surface area contributed by atoms with Crippen molar-refractivity contribution in [1.29, 1.82) is 0 Å². The fourth-order valence-electron chi connectivity index (χ4n) is 2.22. The van der Waals surface area contributed by atoms with E-state index < -0.39 is 0 Å². The molecule has 112 valence electrons. The van der Waals surface area contributed by atoms with Gasteiger partial charge in [0.2, 0.25) is 0 Å². The molecule has 1 fully saturated rings. The first-order chi connectivity index (χ1) is 10.4. The van der Waals surface area contributed by atoms with Gasteiger partial charge in [0.05, 0.1) is 12.3 Å². The van der Waals surface area contributed by atoms with Gasteiger partial charge in [-0.15, -0.1) is 11.3 Å². The van der Waals surface area contributed by atoms with Crippen LogP contribution in [0.25, 0.3) is 0 Å². The Balaban J connectivity index is 1.30. The van der Waals surface area contributed by atoms with Crippen LogP contribution in [0.4, 0.5) is 0 Å². The number of hydrogen-bond acceptors (Lipinski definition) is 4. The summed E-state index contributed by atoms with van der Waals surface area (Å²) in [7, 11) is 0. The van der Waals surface area contributed by atoms with Gasteiger partial charge in [-0.25, -0.2) is 4.98 Å². The largest absolute Gasteiger partial charge is 0.375 e. The molecule has 0 spiro atoms. The molecule has 4 heteroatoms. The zero-order chi connectivity index (χ0) is 14.3. The molecule has 1 heterocycles. The van der Waals surface area contributed by atoms with Crippen molar-refractivity contribution in [3.63, 3.8) is 0 Å². The molecule has 0 unspecified atom stereocenters. The topological polar surface area (TPSA) is 34.1 Å². The molecule has 0 amide bonds. The van der Waals surface area contributed by atoms with Crippen LogP contribution in [0.2, 0.25) is 0 Å². The Morgan fingerprint density at radius 1 is 1.24 bits per heavy atom. The standard InChI is InChI=1S/C17H22N2OS/c1-2-5-14(6-3-1)7-4-10-20-12-16-13-21-17(19-16)11-18-15-8-9-15/h1-3,5-6,13,15,18H,4,7-12H2. The van der Waals surface area contributed by atoms with Gasteiger partial charge in [-0.05, 0) is 31.2 Å². The SMILES string of the molecule is c1ccc(CCCOCc2csc(CNC3CC3)n2)cc1. The molecule has 21 heavy (non-hydrogen) atoms. The Hall–Kier alpha value is -1.23. The molecule has 1 aromatic heterocycles. The predicted octanol–water partition coefficient (Wildman–Crippen LogP) is 3.54. The zero-order valence-corrected chi connectivity index (χ0v) is 13.1. The normalized spacial score (nSPS) is 14.5. The number of ether oxygens (including phenoxy) is 1. The van der Waals surface area contributed by atoms with Crippen LogP contribution in [0.3, 0.4) is 0 Å². The van der Waals surface area contributed by atoms with E-state index in [1.165, 1.54) is 23.4 Å². The van der Waals surface area contributed by atoms with Crippen LogP contribution >= 0.6 is 11.3 Å². The minimum Gasteiger partial charge on any atom is -0.375 e. The Morgan fingerprint density at radius 2 is 2.10 bits per heavy atom. The maximum absolute atomic E-state index is 5.72. The number of benzene rings is 1. The van der Waals surface area contributed by atoms with Crippen LogP contribution in [-0.4, -0.2) is 17.6 Å². The first kappa shape index (κ1) is 14.7. The molecule has 1 aliphatic rings. The second-order valence-corrected chi connectivity index (χ2v) is 6.47. The van der Waals surface area contributed by atoms with Gasteiger partial charge in [0, 0.05) is 24.6 Å². The van der Waals surface area contributed by atoms with E-state index in [9.17, 15) is 0 Å². The van der Waals surface area contributed by atoms with Gasteiger partial charge in [0.25, 0.3) is 0 Å². The molecule has 1 aromatic carbocycles. The number of thiazole rings is 1. The smallest absolute Gasteiger partial charge is 0.107 e. The van der Waals surface area contributed by atoms with Crippen LogP contribution in [0.1, 0.15) is 35.5 Å². The molecule has 0 bridgehead atoms. The highest BCUT2D eigenvalue weighted by Crippen LogP contribution is 2.20. The van der Waals surface area contributed by atoms with E-state index in [1.807, 2.05) is 0 Å². The van der Waals surface area contributed by atoms with Gasteiger partial charge in [0.1, 0.15) is 5.01 Å². The number of rotatable bonds is 9. The van der Waals surface area contributed by atoms with Gasteiger partial charge in [-0.2, -0.15) is 0 Å². The van der Waals surface area contributed by atoms with Gasteiger partial charge in [0.15, 0.2) is 0 Å². The van der Waals surface area contributed by atoms with Crippen molar-refractivity contribution in [2.45, 2.75) is 44.9 Å². The lowest BCUT2D eigenvalue weighted by Crippen LogP contribution is -2.15. The second-order valence-electron chi connectivity index (χ2n) is 5.53. The quantitative estimate of drug-likeness (QED) is 0.719. The van der Waals surface area contributed by atoms with Crippen LogP contribution in [0.5, 0.6) is 0 Å². The summed E-state index contributed by atoms with van der Waals surface area (Å²) in [5, 5.41) is 6.77. The van der Waals surface area contributed by atoms with E-state index in [4.69, 9.17) is 4.74 Å². The monoisotopic (exact) mass is 302 g/mol. The molecule has 3 nitrogen and oxygen atoms in total.